The van der Waals surface area contributed by atoms with Crippen LogP contribution in [0.1, 0.15) is 63.5 Å². The molecular weight excluding hydrogens is 250 g/mol. The Morgan fingerprint density at radius 3 is 3.10 bits per heavy atom. The van der Waals surface area contributed by atoms with E-state index in [9.17, 15) is 0 Å². The summed E-state index contributed by atoms with van der Waals surface area (Å²) in [6.45, 7) is 5.10. The Hall–Kier alpha value is -0.870. The van der Waals surface area contributed by atoms with Gasteiger partial charge in [0.05, 0.1) is 17.8 Å². The van der Waals surface area contributed by atoms with Crippen LogP contribution in [0.3, 0.4) is 0 Å². The van der Waals surface area contributed by atoms with Gasteiger partial charge < -0.3 is 10.1 Å². The fourth-order valence-corrected chi connectivity index (χ4v) is 3.67. The molecule has 1 saturated carbocycles. The lowest BCUT2D eigenvalue weighted by Crippen LogP contribution is -2.38. The van der Waals surface area contributed by atoms with Crippen LogP contribution in [0.4, 0.5) is 0 Å². The molecule has 1 aromatic heterocycles. The van der Waals surface area contributed by atoms with Gasteiger partial charge in [0.1, 0.15) is 0 Å². The predicted octanol–water partition coefficient (Wildman–Crippen LogP) is 3.05. The monoisotopic (exact) mass is 277 g/mol. The van der Waals surface area contributed by atoms with Crippen molar-refractivity contribution >= 4 is 0 Å². The molecule has 0 radical (unpaired) electrons. The van der Waals surface area contributed by atoms with E-state index in [1.165, 1.54) is 37.7 Å². The van der Waals surface area contributed by atoms with Crippen LogP contribution in [0.25, 0.3) is 0 Å². The Morgan fingerprint density at radius 2 is 2.30 bits per heavy atom. The third kappa shape index (κ3) is 3.07. The number of nitrogens with one attached hydrogen (secondary N) is 1. The van der Waals surface area contributed by atoms with Crippen LogP contribution in [-0.2, 0) is 11.3 Å². The molecule has 2 aliphatic rings. The molecule has 4 nitrogen and oxygen atoms in total. The summed E-state index contributed by atoms with van der Waals surface area (Å²) in [7, 11) is 0. The molecule has 1 atom stereocenters. The van der Waals surface area contributed by atoms with Crippen molar-refractivity contribution in [1.29, 1.82) is 0 Å². The van der Waals surface area contributed by atoms with Crippen LogP contribution in [0.2, 0.25) is 0 Å². The van der Waals surface area contributed by atoms with Crippen molar-refractivity contribution in [1.82, 2.24) is 15.1 Å². The fraction of sp³-hybridized carbons (Fsp3) is 0.812. The molecule has 1 spiro atoms. The van der Waals surface area contributed by atoms with Crippen LogP contribution in [0, 0.1) is 0 Å². The number of rotatable bonds is 5. The topological polar surface area (TPSA) is 39.1 Å². The maximum absolute atomic E-state index is 6.11. The van der Waals surface area contributed by atoms with Gasteiger partial charge in [0.15, 0.2) is 0 Å². The second-order valence-corrected chi connectivity index (χ2v) is 6.39. The van der Waals surface area contributed by atoms with Crippen molar-refractivity contribution in [3.8, 4) is 0 Å². The standard InChI is InChI=1S/C16H27N3O/c1-2-8-17-11-14-12-18-19(13-14)15-5-9-20-16(10-15)6-3-4-7-16/h12-13,15,17H,2-11H2,1H3. The summed E-state index contributed by atoms with van der Waals surface area (Å²) in [4.78, 5) is 0. The van der Waals surface area contributed by atoms with E-state index in [-0.39, 0.29) is 5.60 Å². The van der Waals surface area contributed by atoms with Crippen molar-refractivity contribution in [2.45, 2.75) is 70.1 Å². The van der Waals surface area contributed by atoms with Crippen molar-refractivity contribution in [2.75, 3.05) is 13.2 Å². The third-order valence-electron chi connectivity index (χ3n) is 4.77. The van der Waals surface area contributed by atoms with Crippen LogP contribution >= 0.6 is 0 Å². The molecule has 1 unspecified atom stereocenters. The Kier molecular flexibility index (Phi) is 4.41. The van der Waals surface area contributed by atoms with E-state index in [2.05, 4.69) is 28.2 Å². The first kappa shape index (κ1) is 14.1. The van der Waals surface area contributed by atoms with Gasteiger partial charge in [-0.1, -0.05) is 19.8 Å². The minimum atomic E-state index is 0.176. The SMILES string of the molecule is CCCNCc1cnn(C2CCOC3(CCCC3)C2)c1. The molecule has 20 heavy (non-hydrogen) atoms. The molecule has 0 amide bonds. The molecule has 2 heterocycles. The molecule has 1 aliphatic carbocycles. The normalized spacial score (nSPS) is 25.4. The average molecular weight is 277 g/mol. The van der Waals surface area contributed by atoms with Gasteiger partial charge in [-0.2, -0.15) is 5.10 Å². The quantitative estimate of drug-likeness (QED) is 0.841. The Balaban J connectivity index is 1.60. The maximum Gasteiger partial charge on any atom is 0.0703 e. The van der Waals surface area contributed by atoms with Crippen molar-refractivity contribution in [3.05, 3.63) is 18.0 Å². The molecule has 2 fully saturated rings. The number of hydrogen-bond acceptors (Lipinski definition) is 3. The lowest BCUT2D eigenvalue weighted by Gasteiger charge is -2.38. The van der Waals surface area contributed by atoms with E-state index in [1.807, 2.05) is 6.20 Å². The van der Waals surface area contributed by atoms with Crippen LogP contribution in [-0.4, -0.2) is 28.5 Å². The lowest BCUT2D eigenvalue weighted by atomic mass is 9.89. The van der Waals surface area contributed by atoms with Crippen molar-refractivity contribution in [2.24, 2.45) is 0 Å². The third-order valence-corrected chi connectivity index (χ3v) is 4.77. The summed E-state index contributed by atoms with van der Waals surface area (Å²) in [6.07, 6.45) is 12.8. The van der Waals surface area contributed by atoms with Gasteiger partial charge in [-0.15, -0.1) is 0 Å². The van der Waals surface area contributed by atoms with Crippen LogP contribution in [0.15, 0.2) is 12.4 Å². The summed E-state index contributed by atoms with van der Waals surface area (Å²) in [6, 6.07) is 0.529. The predicted molar refractivity (Wildman–Crippen MR) is 79.6 cm³/mol. The molecule has 1 aromatic rings. The number of nitrogens with zero attached hydrogens (tertiary/aromatic N) is 2. The van der Waals surface area contributed by atoms with Gasteiger partial charge in [-0.25, -0.2) is 0 Å². The van der Waals surface area contributed by atoms with Crippen molar-refractivity contribution in [3.63, 3.8) is 0 Å². The molecule has 1 N–H and O–H groups in total. The lowest BCUT2D eigenvalue weighted by molar-refractivity contribution is -0.0910. The highest BCUT2D eigenvalue weighted by atomic mass is 16.5. The molecular formula is C16H27N3O. The highest BCUT2D eigenvalue weighted by Crippen LogP contribution is 2.43. The summed E-state index contributed by atoms with van der Waals surface area (Å²) in [5.41, 5.74) is 1.47. The highest BCUT2D eigenvalue weighted by Gasteiger charge is 2.40. The largest absolute Gasteiger partial charge is 0.375 e. The number of ether oxygens (including phenoxy) is 1. The highest BCUT2D eigenvalue weighted by molar-refractivity contribution is 5.05. The summed E-state index contributed by atoms with van der Waals surface area (Å²) >= 11 is 0. The summed E-state index contributed by atoms with van der Waals surface area (Å²) < 4.78 is 8.30. The van der Waals surface area contributed by atoms with Gasteiger partial charge in [-0.05, 0) is 38.6 Å². The zero-order chi connectivity index (χ0) is 13.8. The van der Waals surface area contributed by atoms with Crippen LogP contribution in [0.5, 0.6) is 0 Å². The Bertz CT molecular complexity index is 423. The van der Waals surface area contributed by atoms with Gasteiger partial charge in [0.25, 0.3) is 0 Å². The molecule has 112 valence electrons. The second-order valence-electron chi connectivity index (χ2n) is 6.39. The molecule has 0 bridgehead atoms. The Labute approximate surface area is 121 Å². The first-order chi connectivity index (χ1) is 9.81. The van der Waals surface area contributed by atoms with E-state index in [0.717, 1.165) is 32.5 Å². The first-order valence-corrected chi connectivity index (χ1v) is 8.19. The van der Waals surface area contributed by atoms with E-state index < -0.39 is 0 Å². The molecule has 0 aromatic carbocycles. The summed E-state index contributed by atoms with van der Waals surface area (Å²) in [5, 5.41) is 8.03. The molecule has 1 saturated heterocycles. The Morgan fingerprint density at radius 1 is 1.45 bits per heavy atom. The maximum atomic E-state index is 6.11. The van der Waals surface area contributed by atoms with E-state index in [0.29, 0.717) is 6.04 Å². The van der Waals surface area contributed by atoms with Gasteiger partial charge in [-0.3, -0.25) is 4.68 Å². The van der Waals surface area contributed by atoms with Crippen LogP contribution < -0.4 is 5.32 Å². The zero-order valence-electron chi connectivity index (χ0n) is 12.6. The smallest absolute Gasteiger partial charge is 0.0703 e. The van der Waals surface area contributed by atoms with E-state index in [4.69, 9.17) is 4.74 Å². The van der Waals surface area contributed by atoms with Gasteiger partial charge >= 0.3 is 0 Å². The van der Waals surface area contributed by atoms with Gasteiger partial charge in [0, 0.05) is 24.9 Å². The number of hydrogen-bond donors (Lipinski definition) is 1. The zero-order valence-corrected chi connectivity index (χ0v) is 12.6. The number of aromatic nitrogens is 2. The molecule has 1 aliphatic heterocycles. The second kappa shape index (κ2) is 6.27. The minimum absolute atomic E-state index is 0.176. The molecule has 3 rings (SSSR count). The fourth-order valence-electron chi connectivity index (χ4n) is 3.67. The summed E-state index contributed by atoms with van der Waals surface area (Å²) in [5.74, 6) is 0. The first-order valence-electron chi connectivity index (χ1n) is 8.19. The van der Waals surface area contributed by atoms with E-state index in [1.54, 1.807) is 0 Å². The van der Waals surface area contributed by atoms with Crippen molar-refractivity contribution < 1.29 is 4.74 Å². The average Bonchev–Trinajstić information content (AvgIpc) is 3.09. The van der Waals surface area contributed by atoms with Gasteiger partial charge in [0.2, 0.25) is 0 Å². The van der Waals surface area contributed by atoms with E-state index >= 15 is 0 Å². The minimum Gasteiger partial charge on any atom is -0.375 e. The molecule has 4 heteroatoms.